The maximum Gasteiger partial charge on any atom is 0.407 e. The molecule has 0 radical (unpaired) electrons. The number of nitrogens with one attached hydrogen (secondary N) is 1. The van der Waals surface area contributed by atoms with Gasteiger partial charge < -0.3 is 20.1 Å². The Morgan fingerprint density at radius 2 is 1.53 bits per heavy atom. The molecule has 7 nitrogen and oxygen atoms in total. The average molecular weight is 467 g/mol. The number of benzene rings is 2. The van der Waals surface area contributed by atoms with E-state index in [2.05, 4.69) is 29.6 Å². The average Bonchev–Trinajstić information content (AvgIpc) is 3.11. The zero-order chi connectivity index (χ0) is 24.8. The topological polar surface area (TPSA) is 95.9 Å². The Hall–Kier alpha value is -3.35. The highest BCUT2D eigenvalue weighted by molar-refractivity contribution is 5.80. The monoisotopic (exact) mass is 466 g/mol. The van der Waals surface area contributed by atoms with Gasteiger partial charge >= 0.3 is 12.1 Å². The molecular formula is C27H34N2O5. The van der Waals surface area contributed by atoms with E-state index in [-0.39, 0.29) is 37.2 Å². The summed E-state index contributed by atoms with van der Waals surface area (Å²) in [6, 6.07) is 15.4. The fourth-order valence-electron chi connectivity index (χ4n) is 4.65. The van der Waals surface area contributed by atoms with Gasteiger partial charge in [0.2, 0.25) is 5.91 Å². The predicted octanol–water partition coefficient (Wildman–Crippen LogP) is 4.65. The second-order valence-electron chi connectivity index (χ2n) is 9.15. The smallest absolute Gasteiger partial charge is 0.407 e. The van der Waals surface area contributed by atoms with Crippen LogP contribution in [0.15, 0.2) is 48.5 Å². The molecule has 34 heavy (non-hydrogen) atoms. The van der Waals surface area contributed by atoms with Gasteiger partial charge in [-0.2, -0.15) is 0 Å². The van der Waals surface area contributed by atoms with Crippen LogP contribution in [-0.4, -0.2) is 53.2 Å². The van der Waals surface area contributed by atoms with Gasteiger partial charge in [-0.05, 0) is 42.0 Å². The van der Waals surface area contributed by atoms with Crippen molar-refractivity contribution >= 4 is 18.0 Å². The van der Waals surface area contributed by atoms with Crippen LogP contribution in [-0.2, 0) is 14.3 Å². The Labute approximate surface area is 201 Å². The lowest BCUT2D eigenvalue weighted by atomic mass is 9.98. The number of fused-ring (bicyclic) bond motifs is 3. The van der Waals surface area contributed by atoms with Crippen molar-refractivity contribution < 1.29 is 24.2 Å². The van der Waals surface area contributed by atoms with Gasteiger partial charge in [0, 0.05) is 31.0 Å². The van der Waals surface area contributed by atoms with Crippen molar-refractivity contribution in [2.75, 3.05) is 13.2 Å². The van der Waals surface area contributed by atoms with Gasteiger partial charge in [-0.25, -0.2) is 4.79 Å². The van der Waals surface area contributed by atoms with Crippen LogP contribution in [0.2, 0.25) is 0 Å². The van der Waals surface area contributed by atoms with Crippen LogP contribution in [0.4, 0.5) is 4.79 Å². The van der Waals surface area contributed by atoms with E-state index in [1.165, 1.54) is 0 Å². The van der Waals surface area contributed by atoms with E-state index in [0.29, 0.717) is 6.54 Å². The third-order valence-electron chi connectivity index (χ3n) is 6.51. The molecule has 2 amide bonds. The number of alkyl carbamates (subject to hydrolysis) is 1. The van der Waals surface area contributed by atoms with E-state index in [0.717, 1.165) is 22.3 Å². The quantitative estimate of drug-likeness (QED) is 0.531. The molecule has 0 spiro atoms. The molecule has 182 valence electrons. The van der Waals surface area contributed by atoms with Crippen LogP contribution >= 0.6 is 0 Å². The van der Waals surface area contributed by atoms with Crippen molar-refractivity contribution in [3.63, 3.8) is 0 Å². The van der Waals surface area contributed by atoms with Gasteiger partial charge in [0.05, 0.1) is 6.42 Å². The molecule has 0 bridgehead atoms. The fourth-order valence-corrected chi connectivity index (χ4v) is 4.65. The van der Waals surface area contributed by atoms with Crippen molar-refractivity contribution in [3.8, 4) is 11.1 Å². The van der Waals surface area contributed by atoms with Crippen LogP contribution < -0.4 is 5.32 Å². The maximum atomic E-state index is 12.9. The maximum absolute atomic E-state index is 12.9. The summed E-state index contributed by atoms with van der Waals surface area (Å²) in [5.41, 5.74) is 4.59. The molecule has 0 saturated heterocycles. The van der Waals surface area contributed by atoms with Crippen LogP contribution in [0.5, 0.6) is 0 Å². The molecule has 2 atom stereocenters. The molecule has 1 aliphatic carbocycles. The van der Waals surface area contributed by atoms with Crippen LogP contribution in [0, 0.1) is 5.92 Å². The van der Waals surface area contributed by atoms with Gasteiger partial charge in [0.15, 0.2) is 0 Å². The summed E-state index contributed by atoms with van der Waals surface area (Å²) in [5, 5.41) is 11.9. The molecule has 0 aliphatic heterocycles. The van der Waals surface area contributed by atoms with Gasteiger partial charge in [0.25, 0.3) is 0 Å². The summed E-state index contributed by atoms with van der Waals surface area (Å²) in [6.07, 6.45) is -0.597. The molecule has 2 N–H and O–H groups in total. The number of hydrogen-bond acceptors (Lipinski definition) is 4. The highest BCUT2D eigenvalue weighted by Crippen LogP contribution is 2.44. The Morgan fingerprint density at radius 3 is 2.03 bits per heavy atom. The first-order valence-electron chi connectivity index (χ1n) is 11.9. The summed E-state index contributed by atoms with van der Waals surface area (Å²) in [7, 11) is 0. The van der Waals surface area contributed by atoms with Crippen molar-refractivity contribution in [1.29, 1.82) is 0 Å². The number of carbonyl (C=O) groups excluding carboxylic acids is 2. The van der Waals surface area contributed by atoms with Gasteiger partial charge in [0.1, 0.15) is 6.61 Å². The Bertz CT molecular complexity index is 990. The summed E-state index contributed by atoms with van der Waals surface area (Å²) >= 11 is 0. The Kier molecular flexibility index (Phi) is 8.31. The molecule has 0 saturated carbocycles. The number of carboxylic acid groups (broad SMARTS) is 1. The molecule has 0 heterocycles. The normalized spacial score (nSPS) is 14.1. The lowest BCUT2D eigenvalue weighted by Crippen LogP contribution is -2.46. The van der Waals surface area contributed by atoms with Crippen molar-refractivity contribution in [2.45, 2.75) is 58.5 Å². The first-order valence-corrected chi connectivity index (χ1v) is 11.9. The molecule has 2 aromatic rings. The van der Waals surface area contributed by atoms with E-state index in [1.807, 2.05) is 45.0 Å². The van der Waals surface area contributed by atoms with Crippen molar-refractivity contribution in [2.24, 2.45) is 5.92 Å². The molecule has 0 fully saturated rings. The summed E-state index contributed by atoms with van der Waals surface area (Å²) in [6.45, 7) is 8.01. The highest BCUT2D eigenvalue weighted by Gasteiger charge is 2.30. The molecular weight excluding hydrogens is 432 g/mol. The third-order valence-corrected chi connectivity index (χ3v) is 6.51. The second-order valence-corrected chi connectivity index (χ2v) is 9.15. The number of amides is 2. The standard InChI is InChI=1S/C27H34N2O5/c1-5-29(18(4)14-26(31)32)25(30)15-24(17(2)3)28-27(33)34-16-23-21-12-8-6-10-19(21)20-11-7-9-13-22(20)23/h6-13,17-18,23-24H,5,14-16H2,1-4H3,(H,28,33)(H,31,32). The number of carbonyl (C=O) groups is 3. The van der Waals surface area contributed by atoms with E-state index in [9.17, 15) is 14.4 Å². The molecule has 7 heteroatoms. The van der Waals surface area contributed by atoms with E-state index < -0.39 is 24.1 Å². The Morgan fingerprint density at radius 1 is 0.971 bits per heavy atom. The van der Waals surface area contributed by atoms with Crippen LogP contribution in [0.1, 0.15) is 57.6 Å². The second kappa shape index (κ2) is 11.2. The van der Waals surface area contributed by atoms with E-state index in [4.69, 9.17) is 9.84 Å². The highest BCUT2D eigenvalue weighted by atomic mass is 16.5. The van der Waals surface area contributed by atoms with Gasteiger partial charge in [-0.1, -0.05) is 62.4 Å². The largest absolute Gasteiger partial charge is 0.481 e. The zero-order valence-electron chi connectivity index (χ0n) is 20.3. The van der Waals surface area contributed by atoms with E-state index >= 15 is 0 Å². The molecule has 3 rings (SSSR count). The third kappa shape index (κ3) is 5.76. The fraction of sp³-hybridized carbons (Fsp3) is 0.444. The molecule has 2 unspecified atom stereocenters. The summed E-state index contributed by atoms with van der Waals surface area (Å²) in [5.74, 6) is -1.17. The van der Waals surface area contributed by atoms with Crippen LogP contribution in [0.3, 0.4) is 0 Å². The minimum atomic E-state index is -0.948. The Balaban J connectivity index is 1.62. The van der Waals surface area contributed by atoms with Crippen molar-refractivity contribution in [1.82, 2.24) is 10.2 Å². The van der Waals surface area contributed by atoms with Crippen LogP contribution in [0.25, 0.3) is 11.1 Å². The summed E-state index contributed by atoms with van der Waals surface area (Å²) < 4.78 is 5.64. The number of carboxylic acids is 1. The number of aliphatic carboxylic acids is 1. The SMILES string of the molecule is CCN(C(=O)CC(NC(=O)OCC1c2ccccc2-c2ccccc21)C(C)C)C(C)CC(=O)O. The number of ether oxygens (including phenoxy) is 1. The molecule has 0 aromatic heterocycles. The first-order chi connectivity index (χ1) is 16.2. The zero-order valence-corrected chi connectivity index (χ0v) is 20.3. The summed E-state index contributed by atoms with van der Waals surface area (Å²) in [4.78, 5) is 38.2. The van der Waals surface area contributed by atoms with Gasteiger partial charge in [-0.15, -0.1) is 0 Å². The molecule has 2 aromatic carbocycles. The van der Waals surface area contributed by atoms with Gasteiger partial charge in [-0.3, -0.25) is 9.59 Å². The first kappa shape index (κ1) is 25.3. The van der Waals surface area contributed by atoms with Crippen molar-refractivity contribution in [3.05, 3.63) is 59.7 Å². The molecule has 1 aliphatic rings. The number of hydrogen-bond donors (Lipinski definition) is 2. The lowest BCUT2D eigenvalue weighted by Gasteiger charge is -2.30. The number of nitrogens with zero attached hydrogens (tertiary/aromatic N) is 1. The minimum Gasteiger partial charge on any atom is -0.481 e. The predicted molar refractivity (Wildman–Crippen MR) is 131 cm³/mol. The lowest BCUT2D eigenvalue weighted by molar-refractivity contribution is -0.140. The van der Waals surface area contributed by atoms with E-state index in [1.54, 1.807) is 11.8 Å². The minimum absolute atomic E-state index is 0.00193. The number of rotatable bonds is 10.